The summed E-state index contributed by atoms with van der Waals surface area (Å²) in [4.78, 5) is 11.8. The van der Waals surface area contributed by atoms with Crippen LogP contribution in [0.4, 0.5) is 4.39 Å². The van der Waals surface area contributed by atoms with Crippen molar-refractivity contribution < 1.29 is 13.9 Å². The Labute approximate surface area is 153 Å². The van der Waals surface area contributed by atoms with Gasteiger partial charge >= 0.3 is 5.97 Å². The second kappa shape index (κ2) is 11.0. The van der Waals surface area contributed by atoms with Gasteiger partial charge < -0.3 is 4.74 Å². The highest BCUT2D eigenvalue weighted by Gasteiger charge is 2.17. The minimum atomic E-state index is -0.499. The summed E-state index contributed by atoms with van der Waals surface area (Å²) in [5.74, 6) is -0.544. The number of nitrogens with zero attached hydrogens (tertiary/aromatic N) is 2. The van der Waals surface area contributed by atoms with Crippen LogP contribution in [0.25, 0.3) is 5.69 Å². The molecule has 6 heteroatoms. The number of hydrogen-bond donors (Lipinski definition) is 0. The van der Waals surface area contributed by atoms with Crippen LogP contribution in [0, 0.1) is 12.7 Å². The van der Waals surface area contributed by atoms with Gasteiger partial charge in [0.15, 0.2) is 0 Å². The van der Waals surface area contributed by atoms with E-state index >= 15 is 0 Å². The average molecular weight is 368 g/mol. The molecular weight excluding hydrogens is 338 g/mol. The molecule has 0 fully saturated rings. The van der Waals surface area contributed by atoms with Gasteiger partial charge in [-0.15, -0.1) is 9.24 Å². The Kier molecular flexibility index (Phi) is 10.2. The van der Waals surface area contributed by atoms with Crippen LogP contribution in [0.1, 0.15) is 45.7 Å². The lowest BCUT2D eigenvalue weighted by Crippen LogP contribution is -2.24. The molecule has 2 aromatic rings. The predicted octanol–water partition coefficient (Wildman–Crippen LogP) is 4.72. The third kappa shape index (κ3) is 8.26. The molecule has 0 aliphatic carbocycles. The van der Waals surface area contributed by atoms with Gasteiger partial charge in [-0.1, -0.05) is 20.5 Å². The second-order valence-electron chi connectivity index (χ2n) is 5.99. The van der Waals surface area contributed by atoms with Crippen LogP contribution in [0.2, 0.25) is 0 Å². The van der Waals surface area contributed by atoms with E-state index in [1.165, 1.54) is 6.07 Å². The number of benzene rings is 1. The molecule has 1 aromatic heterocycles. The summed E-state index contributed by atoms with van der Waals surface area (Å²) in [6.07, 6.45) is 3.52. The lowest BCUT2D eigenvalue weighted by molar-refractivity contribution is -0.153. The number of esters is 1. The number of aryl methyl sites for hydroxylation is 1. The SMILES string of the molecule is CC.CP.Cc1cc(-n2cc(CC(=O)OC(C)(C)C)cn2)ccc1F. The van der Waals surface area contributed by atoms with E-state index in [0.29, 0.717) is 5.56 Å². The normalized spacial score (nSPS) is 10.1. The van der Waals surface area contributed by atoms with Crippen molar-refractivity contribution in [2.45, 2.75) is 53.6 Å². The maximum Gasteiger partial charge on any atom is 0.310 e. The Hall–Kier alpha value is -1.74. The van der Waals surface area contributed by atoms with Gasteiger partial charge in [-0.2, -0.15) is 5.10 Å². The zero-order valence-electron chi connectivity index (χ0n) is 16.3. The second-order valence-corrected chi connectivity index (χ2v) is 5.99. The minimum Gasteiger partial charge on any atom is -0.460 e. The van der Waals surface area contributed by atoms with Crippen LogP contribution in [0.15, 0.2) is 30.6 Å². The van der Waals surface area contributed by atoms with Crippen molar-refractivity contribution >= 4 is 15.2 Å². The first kappa shape index (κ1) is 23.3. The van der Waals surface area contributed by atoms with Gasteiger partial charge in [-0.3, -0.25) is 4.79 Å². The van der Waals surface area contributed by atoms with Crippen LogP contribution in [0.3, 0.4) is 0 Å². The molecule has 0 N–H and O–H groups in total. The zero-order valence-corrected chi connectivity index (χ0v) is 17.4. The van der Waals surface area contributed by atoms with Gasteiger partial charge in [0.2, 0.25) is 0 Å². The Morgan fingerprint density at radius 1 is 1.28 bits per heavy atom. The van der Waals surface area contributed by atoms with Gasteiger partial charge in [0.25, 0.3) is 0 Å². The van der Waals surface area contributed by atoms with E-state index in [1.807, 2.05) is 41.3 Å². The summed E-state index contributed by atoms with van der Waals surface area (Å²) in [7, 11) is 2.42. The summed E-state index contributed by atoms with van der Waals surface area (Å²) >= 11 is 0. The molecule has 0 bridgehead atoms. The molecule has 0 saturated heterocycles. The number of carbonyl (C=O) groups is 1. The Morgan fingerprint density at radius 2 is 1.88 bits per heavy atom. The molecular formula is C19H30FN2O2P. The van der Waals surface area contributed by atoms with Gasteiger partial charge in [-0.25, -0.2) is 9.07 Å². The highest BCUT2D eigenvalue weighted by atomic mass is 31.0. The van der Waals surface area contributed by atoms with E-state index in [0.717, 1.165) is 11.3 Å². The van der Waals surface area contributed by atoms with Crippen molar-refractivity contribution in [3.8, 4) is 5.69 Å². The van der Waals surface area contributed by atoms with E-state index in [4.69, 9.17) is 4.74 Å². The molecule has 0 aliphatic rings. The number of ether oxygens (including phenoxy) is 1. The number of halogens is 1. The summed E-state index contributed by atoms with van der Waals surface area (Å²) < 4.78 is 20.1. The smallest absolute Gasteiger partial charge is 0.310 e. The van der Waals surface area contributed by atoms with Crippen molar-refractivity contribution in [3.63, 3.8) is 0 Å². The van der Waals surface area contributed by atoms with Crippen molar-refractivity contribution in [1.82, 2.24) is 9.78 Å². The number of aromatic nitrogens is 2. The molecule has 25 heavy (non-hydrogen) atoms. The molecule has 0 spiro atoms. The molecule has 0 aliphatic heterocycles. The number of hydrogen-bond acceptors (Lipinski definition) is 3. The van der Waals surface area contributed by atoms with E-state index in [9.17, 15) is 9.18 Å². The lowest BCUT2D eigenvalue weighted by Gasteiger charge is -2.19. The first-order valence-electron chi connectivity index (χ1n) is 8.34. The van der Waals surface area contributed by atoms with Gasteiger partial charge in [-0.05, 0) is 51.5 Å². The molecule has 140 valence electrons. The topological polar surface area (TPSA) is 44.1 Å². The Balaban J connectivity index is 0.00000134. The minimum absolute atomic E-state index is 0.164. The van der Waals surface area contributed by atoms with Crippen LogP contribution < -0.4 is 0 Å². The largest absolute Gasteiger partial charge is 0.460 e. The molecule has 4 nitrogen and oxygen atoms in total. The fourth-order valence-electron chi connectivity index (χ4n) is 1.91. The summed E-state index contributed by atoms with van der Waals surface area (Å²) in [5.41, 5.74) is 1.56. The van der Waals surface area contributed by atoms with E-state index in [-0.39, 0.29) is 18.2 Å². The predicted molar refractivity (Wildman–Crippen MR) is 105 cm³/mol. The standard InChI is InChI=1S/C16H19FN2O2.C2H6.CH5P/c1-11-7-13(5-6-14(11)17)19-10-12(9-18-19)8-15(20)21-16(2,3)4;2*1-2/h5-7,9-10H,8H2,1-4H3;1-2H3;2H2,1H3. The molecule has 1 unspecified atom stereocenters. The van der Waals surface area contributed by atoms with Crippen LogP contribution in [0.5, 0.6) is 0 Å². The Morgan fingerprint density at radius 3 is 2.40 bits per heavy atom. The fraction of sp³-hybridized carbons (Fsp3) is 0.474. The lowest BCUT2D eigenvalue weighted by atomic mass is 10.2. The van der Waals surface area contributed by atoms with Gasteiger partial charge in [0, 0.05) is 11.8 Å². The van der Waals surface area contributed by atoms with Crippen LogP contribution >= 0.6 is 9.24 Å². The summed E-state index contributed by atoms with van der Waals surface area (Å²) in [5, 5.41) is 4.19. The molecule has 2 rings (SSSR count). The van der Waals surface area contributed by atoms with Crippen molar-refractivity contribution in [1.29, 1.82) is 0 Å². The van der Waals surface area contributed by atoms with Crippen molar-refractivity contribution in [3.05, 3.63) is 47.5 Å². The highest BCUT2D eigenvalue weighted by Crippen LogP contribution is 2.15. The molecule has 1 aromatic carbocycles. The maximum absolute atomic E-state index is 13.3. The Bertz CT molecular complexity index is 664. The molecule has 0 radical (unpaired) electrons. The first-order valence-corrected chi connectivity index (χ1v) is 9.50. The van der Waals surface area contributed by atoms with Crippen molar-refractivity contribution in [2.24, 2.45) is 0 Å². The quantitative estimate of drug-likeness (QED) is 0.582. The summed E-state index contributed by atoms with van der Waals surface area (Å²) in [6.45, 7) is 13.1. The molecule has 0 amide bonds. The van der Waals surface area contributed by atoms with E-state index in [2.05, 4.69) is 14.3 Å². The van der Waals surface area contributed by atoms with Crippen LogP contribution in [-0.2, 0) is 16.0 Å². The number of rotatable bonds is 3. The average Bonchev–Trinajstić information content (AvgIpc) is 3.00. The zero-order chi connectivity index (χ0) is 19.6. The highest BCUT2D eigenvalue weighted by molar-refractivity contribution is 7.15. The van der Waals surface area contributed by atoms with Crippen molar-refractivity contribution in [2.75, 3.05) is 6.66 Å². The third-order valence-corrected chi connectivity index (χ3v) is 2.81. The first-order chi connectivity index (χ1) is 11.7. The van der Waals surface area contributed by atoms with Crippen LogP contribution in [-0.4, -0.2) is 28.0 Å². The van der Waals surface area contributed by atoms with Gasteiger partial charge in [0.05, 0.1) is 18.3 Å². The van der Waals surface area contributed by atoms with E-state index < -0.39 is 5.60 Å². The van der Waals surface area contributed by atoms with E-state index in [1.54, 1.807) is 36.1 Å². The molecule has 0 saturated carbocycles. The monoisotopic (exact) mass is 368 g/mol. The third-order valence-electron chi connectivity index (χ3n) is 2.81. The molecule has 1 heterocycles. The van der Waals surface area contributed by atoms with Gasteiger partial charge in [0.1, 0.15) is 11.4 Å². The number of carbonyl (C=O) groups excluding carboxylic acids is 1. The summed E-state index contributed by atoms with van der Waals surface area (Å²) in [6, 6.07) is 4.76. The fourth-order valence-corrected chi connectivity index (χ4v) is 1.91. The molecule has 1 atom stereocenters. The maximum atomic E-state index is 13.3.